The van der Waals surface area contributed by atoms with Gasteiger partial charge in [0.05, 0.1) is 5.75 Å². The molecular formula is C19H20N2O3S. The van der Waals surface area contributed by atoms with E-state index in [2.05, 4.69) is 9.71 Å². The number of hydrogen-bond donors (Lipinski definition) is 1. The molecule has 0 atom stereocenters. The minimum Gasteiger partial charge on any atom is -0.446 e. The number of nitrogens with zero attached hydrogens (tertiary/aromatic N) is 1. The van der Waals surface area contributed by atoms with Crippen LogP contribution in [0.15, 0.2) is 52.9 Å². The number of aryl methyl sites for hydroxylation is 3. The van der Waals surface area contributed by atoms with E-state index in [9.17, 15) is 8.42 Å². The lowest BCUT2D eigenvalue weighted by atomic mass is 10.1. The second kappa shape index (κ2) is 6.72. The van der Waals surface area contributed by atoms with Crippen LogP contribution in [0.3, 0.4) is 0 Å². The molecule has 0 aliphatic heterocycles. The van der Waals surface area contributed by atoms with Gasteiger partial charge in [0.1, 0.15) is 11.5 Å². The van der Waals surface area contributed by atoms with E-state index >= 15 is 0 Å². The molecule has 130 valence electrons. The minimum atomic E-state index is -3.47. The highest BCUT2D eigenvalue weighted by Gasteiger charge is 2.13. The molecule has 0 saturated heterocycles. The molecule has 1 aromatic heterocycles. The Labute approximate surface area is 147 Å². The maximum absolute atomic E-state index is 12.4. The summed E-state index contributed by atoms with van der Waals surface area (Å²) in [4.78, 5) is 4.34. The molecule has 1 N–H and O–H groups in total. The Morgan fingerprint density at radius 3 is 2.36 bits per heavy atom. The van der Waals surface area contributed by atoms with Gasteiger partial charge in [0.25, 0.3) is 0 Å². The maximum atomic E-state index is 12.4. The Morgan fingerprint density at radius 2 is 1.76 bits per heavy atom. The van der Waals surface area contributed by atoms with E-state index < -0.39 is 10.0 Å². The zero-order chi connectivity index (χ0) is 18.0. The second-order valence-electron chi connectivity index (χ2n) is 6.07. The van der Waals surface area contributed by atoms with Crippen molar-refractivity contribution in [2.75, 3.05) is 4.72 Å². The molecule has 1 heterocycles. The van der Waals surface area contributed by atoms with Crippen molar-refractivity contribution in [2.24, 2.45) is 0 Å². The van der Waals surface area contributed by atoms with Crippen LogP contribution in [0.5, 0.6) is 0 Å². The number of anilines is 1. The Balaban J connectivity index is 1.75. The van der Waals surface area contributed by atoms with Crippen LogP contribution in [0.4, 0.5) is 5.69 Å². The summed E-state index contributed by atoms with van der Waals surface area (Å²) in [5.41, 5.74) is 3.98. The quantitative estimate of drug-likeness (QED) is 0.743. The zero-order valence-electron chi connectivity index (χ0n) is 14.4. The van der Waals surface area contributed by atoms with Crippen molar-refractivity contribution in [3.05, 3.63) is 71.3 Å². The van der Waals surface area contributed by atoms with Gasteiger partial charge in [-0.25, -0.2) is 13.4 Å². The summed E-state index contributed by atoms with van der Waals surface area (Å²) in [6, 6.07) is 14.6. The van der Waals surface area contributed by atoms with Crippen LogP contribution in [0.25, 0.3) is 11.3 Å². The third-order valence-corrected chi connectivity index (χ3v) is 5.03. The fraction of sp³-hybridized carbons (Fsp3) is 0.211. The molecule has 3 aromatic rings. The Kier molecular flexibility index (Phi) is 4.63. The minimum absolute atomic E-state index is 0.0575. The van der Waals surface area contributed by atoms with E-state index in [1.807, 2.05) is 50.2 Å². The van der Waals surface area contributed by atoms with Crippen molar-refractivity contribution in [3.63, 3.8) is 0 Å². The molecular weight excluding hydrogens is 336 g/mol. The lowest BCUT2D eigenvalue weighted by Gasteiger charge is -2.09. The van der Waals surface area contributed by atoms with Crippen LogP contribution in [-0.2, 0) is 15.8 Å². The standard InChI is InChI=1S/C19H20N2O3S/c1-13-5-4-6-16(11-13)12-25(22,23)21-18-9-7-17(8-10-18)19-14(2)24-15(3)20-19/h4-11,21H,12H2,1-3H3. The number of hydrogen-bond acceptors (Lipinski definition) is 4. The van der Waals surface area contributed by atoms with Gasteiger partial charge < -0.3 is 4.42 Å². The molecule has 0 fully saturated rings. The number of benzene rings is 2. The van der Waals surface area contributed by atoms with Gasteiger partial charge in [-0.1, -0.05) is 42.0 Å². The summed E-state index contributed by atoms with van der Waals surface area (Å²) in [6.45, 7) is 5.59. The first-order chi connectivity index (χ1) is 11.8. The third-order valence-electron chi connectivity index (χ3n) is 3.77. The third kappa shape index (κ3) is 4.28. The van der Waals surface area contributed by atoms with Crippen molar-refractivity contribution in [1.29, 1.82) is 0 Å². The van der Waals surface area contributed by atoms with Crippen molar-refractivity contribution < 1.29 is 12.8 Å². The van der Waals surface area contributed by atoms with Gasteiger partial charge in [-0.15, -0.1) is 0 Å². The zero-order valence-corrected chi connectivity index (χ0v) is 15.2. The topological polar surface area (TPSA) is 72.2 Å². The number of aromatic nitrogens is 1. The van der Waals surface area contributed by atoms with Crippen molar-refractivity contribution in [3.8, 4) is 11.3 Å². The smallest absolute Gasteiger partial charge is 0.236 e. The highest BCUT2D eigenvalue weighted by Crippen LogP contribution is 2.25. The van der Waals surface area contributed by atoms with Crippen LogP contribution >= 0.6 is 0 Å². The lowest BCUT2D eigenvalue weighted by molar-refractivity contribution is 0.495. The Morgan fingerprint density at radius 1 is 1.04 bits per heavy atom. The first kappa shape index (κ1) is 17.2. The van der Waals surface area contributed by atoms with Gasteiger partial charge in [0.2, 0.25) is 10.0 Å². The normalized spacial score (nSPS) is 11.5. The monoisotopic (exact) mass is 356 g/mol. The maximum Gasteiger partial charge on any atom is 0.236 e. The van der Waals surface area contributed by atoms with Crippen LogP contribution in [0.1, 0.15) is 22.8 Å². The predicted octanol–water partition coefficient (Wildman–Crippen LogP) is 4.21. The van der Waals surface area contributed by atoms with Crippen molar-refractivity contribution >= 4 is 15.7 Å². The molecule has 0 saturated carbocycles. The average molecular weight is 356 g/mol. The first-order valence-electron chi connectivity index (χ1n) is 7.93. The fourth-order valence-electron chi connectivity index (χ4n) is 2.73. The molecule has 5 nitrogen and oxygen atoms in total. The van der Waals surface area contributed by atoms with Crippen LogP contribution in [0.2, 0.25) is 0 Å². The van der Waals surface area contributed by atoms with Gasteiger partial charge in [0.15, 0.2) is 5.89 Å². The van der Waals surface area contributed by atoms with Gasteiger partial charge in [0, 0.05) is 18.2 Å². The summed E-state index contributed by atoms with van der Waals surface area (Å²) < 4.78 is 32.8. The molecule has 0 aliphatic rings. The molecule has 0 spiro atoms. The summed E-state index contributed by atoms with van der Waals surface area (Å²) in [5, 5.41) is 0. The summed E-state index contributed by atoms with van der Waals surface area (Å²) in [6.07, 6.45) is 0. The van der Waals surface area contributed by atoms with Gasteiger partial charge in [-0.05, 0) is 31.5 Å². The number of oxazole rings is 1. The molecule has 6 heteroatoms. The lowest BCUT2D eigenvalue weighted by Crippen LogP contribution is -2.15. The summed E-state index contributed by atoms with van der Waals surface area (Å²) in [5.74, 6) is 1.29. The fourth-order valence-corrected chi connectivity index (χ4v) is 3.92. The highest BCUT2D eigenvalue weighted by atomic mass is 32.2. The number of nitrogens with one attached hydrogen (secondary N) is 1. The largest absolute Gasteiger partial charge is 0.446 e. The molecule has 0 radical (unpaired) electrons. The van der Waals surface area contributed by atoms with Crippen molar-refractivity contribution in [1.82, 2.24) is 4.98 Å². The predicted molar refractivity (Wildman–Crippen MR) is 98.8 cm³/mol. The molecule has 0 bridgehead atoms. The molecule has 0 amide bonds. The number of rotatable bonds is 5. The van der Waals surface area contributed by atoms with E-state index in [1.165, 1.54) is 0 Å². The van der Waals surface area contributed by atoms with Crippen LogP contribution in [-0.4, -0.2) is 13.4 Å². The molecule has 0 unspecified atom stereocenters. The Bertz CT molecular complexity index is 990. The van der Waals surface area contributed by atoms with E-state index in [0.717, 1.165) is 28.1 Å². The van der Waals surface area contributed by atoms with Gasteiger partial charge >= 0.3 is 0 Å². The summed E-state index contributed by atoms with van der Waals surface area (Å²) in [7, 11) is -3.47. The summed E-state index contributed by atoms with van der Waals surface area (Å²) >= 11 is 0. The second-order valence-corrected chi connectivity index (χ2v) is 7.79. The van der Waals surface area contributed by atoms with E-state index in [-0.39, 0.29) is 5.75 Å². The van der Waals surface area contributed by atoms with E-state index in [0.29, 0.717) is 11.6 Å². The van der Waals surface area contributed by atoms with Crippen molar-refractivity contribution in [2.45, 2.75) is 26.5 Å². The SMILES string of the molecule is Cc1cccc(CS(=O)(=O)Nc2ccc(-c3nc(C)oc3C)cc2)c1. The number of sulfonamides is 1. The van der Waals surface area contributed by atoms with Crippen LogP contribution < -0.4 is 4.72 Å². The first-order valence-corrected chi connectivity index (χ1v) is 9.58. The molecule has 2 aromatic carbocycles. The van der Waals surface area contributed by atoms with Crippen LogP contribution in [0, 0.1) is 20.8 Å². The Hall–Kier alpha value is -2.60. The van der Waals surface area contributed by atoms with Gasteiger partial charge in [-0.2, -0.15) is 0 Å². The highest BCUT2D eigenvalue weighted by molar-refractivity contribution is 7.91. The molecule has 3 rings (SSSR count). The van der Waals surface area contributed by atoms with E-state index in [4.69, 9.17) is 4.42 Å². The van der Waals surface area contributed by atoms with E-state index in [1.54, 1.807) is 19.1 Å². The van der Waals surface area contributed by atoms with Gasteiger partial charge in [-0.3, -0.25) is 4.72 Å². The molecule has 25 heavy (non-hydrogen) atoms. The average Bonchev–Trinajstić information content (AvgIpc) is 2.86. The molecule has 0 aliphatic carbocycles.